The Morgan fingerprint density at radius 3 is 2.40 bits per heavy atom. The van der Waals surface area contributed by atoms with Gasteiger partial charge in [-0.2, -0.15) is 5.10 Å². The molecule has 1 aromatic carbocycles. The fourth-order valence-electron chi connectivity index (χ4n) is 5.80. The summed E-state index contributed by atoms with van der Waals surface area (Å²) in [6, 6.07) is 9.14. The van der Waals surface area contributed by atoms with Crippen LogP contribution in [0.4, 0.5) is 0 Å². The number of carboxylic acid groups (broad SMARTS) is 1. The molecule has 3 aliphatic rings. The van der Waals surface area contributed by atoms with E-state index in [1.54, 1.807) is 17.0 Å². The minimum Gasteiger partial charge on any atom is -0.480 e. The first kappa shape index (κ1) is 27.7. The predicted molar refractivity (Wildman–Crippen MR) is 145 cm³/mol. The van der Waals surface area contributed by atoms with Gasteiger partial charge >= 0.3 is 5.97 Å². The van der Waals surface area contributed by atoms with Gasteiger partial charge in [0.1, 0.15) is 12.1 Å². The van der Waals surface area contributed by atoms with E-state index in [1.165, 1.54) is 10.7 Å². The van der Waals surface area contributed by atoms with E-state index < -0.39 is 24.0 Å². The van der Waals surface area contributed by atoms with Gasteiger partial charge in [-0.05, 0) is 63.0 Å². The number of ether oxygens (including phenoxy) is 1. The molecule has 2 atom stereocenters. The quantitative estimate of drug-likeness (QED) is 0.412. The van der Waals surface area contributed by atoms with Gasteiger partial charge in [0.25, 0.3) is 11.8 Å². The predicted octanol–water partition coefficient (Wildman–Crippen LogP) is 2.67. The zero-order chi connectivity index (χ0) is 28.1. The van der Waals surface area contributed by atoms with E-state index in [-0.39, 0.29) is 42.0 Å². The number of aromatic nitrogens is 2. The highest BCUT2D eigenvalue weighted by molar-refractivity contribution is 5.95. The summed E-state index contributed by atoms with van der Waals surface area (Å²) in [4.78, 5) is 52.6. The van der Waals surface area contributed by atoms with Crippen LogP contribution >= 0.6 is 0 Å². The number of benzene rings is 1. The first-order chi connectivity index (χ1) is 19.4. The molecular weight excluding hydrogens is 514 g/mol. The van der Waals surface area contributed by atoms with E-state index in [0.717, 1.165) is 57.8 Å². The molecule has 1 saturated heterocycles. The number of carboxylic acids is 1. The van der Waals surface area contributed by atoms with Gasteiger partial charge in [-0.1, -0.05) is 37.5 Å². The van der Waals surface area contributed by atoms with Crippen LogP contribution in [0.3, 0.4) is 0 Å². The second-order valence-corrected chi connectivity index (χ2v) is 11.0. The highest BCUT2D eigenvalue weighted by atomic mass is 16.5. The molecule has 40 heavy (non-hydrogen) atoms. The van der Waals surface area contributed by atoms with Crippen LogP contribution < -0.4 is 15.4 Å². The lowest BCUT2D eigenvalue weighted by atomic mass is 9.84. The summed E-state index contributed by atoms with van der Waals surface area (Å²) in [5.74, 6) is -2.07. The number of carbonyl (C=O) groups is 4. The summed E-state index contributed by atoms with van der Waals surface area (Å²) in [7, 11) is 0. The molecular formula is C29H37N5O6. The number of para-hydroxylation sites is 1. The van der Waals surface area contributed by atoms with Crippen molar-refractivity contribution in [3.05, 3.63) is 42.1 Å². The van der Waals surface area contributed by atoms with Gasteiger partial charge in [0.2, 0.25) is 11.8 Å². The van der Waals surface area contributed by atoms with Crippen molar-refractivity contribution in [3.8, 4) is 11.6 Å². The van der Waals surface area contributed by atoms with Gasteiger partial charge < -0.3 is 25.4 Å². The number of hydrogen-bond acceptors (Lipinski definition) is 6. The van der Waals surface area contributed by atoms with E-state index >= 15 is 0 Å². The molecule has 1 aromatic heterocycles. The molecule has 1 unspecified atom stereocenters. The van der Waals surface area contributed by atoms with Crippen molar-refractivity contribution in [2.45, 2.75) is 82.3 Å². The van der Waals surface area contributed by atoms with Crippen LogP contribution in [0.1, 0.15) is 74.7 Å². The maximum absolute atomic E-state index is 13.2. The minimum absolute atomic E-state index is 0.00714. The highest BCUT2D eigenvalue weighted by Gasteiger charge is 2.36. The fraction of sp³-hybridized carbons (Fsp3) is 0.552. The molecule has 2 saturated carbocycles. The van der Waals surface area contributed by atoms with E-state index in [4.69, 9.17) is 4.74 Å². The zero-order valence-corrected chi connectivity index (χ0v) is 22.6. The van der Waals surface area contributed by atoms with Crippen molar-refractivity contribution in [2.24, 2.45) is 5.92 Å². The number of carbonyl (C=O) groups excluding carboxylic acids is 3. The van der Waals surface area contributed by atoms with Gasteiger partial charge in [0.15, 0.2) is 12.3 Å². The van der Waals surface area contributed by atoms with Crippen molar-refractivity contribution < 1.29 is 29.0 Å². The Bertz CT molecular complexity index is 1220. The lowest BCUT2D eigenvalue weighted by Gasteiger charge is -2.30. The third-order valence-corrected chi connectivity index (χ3v) is 8.25. The summed E-state index contributed by atoms with van der Waals surface area (Å²) in [5.41, 5.74) is 0.609. The molecule has 2 aliphatic carbocycles. The zero-order valence-electron chi connectivity index (χ0n) is 22.6. The van der Waals surface area contributed by atoms with Crippen LogP contribution in [0.15, 0.2) is 36.4 Å². The molecule has 2 heterocycles. The lowest BCUT2D eigenvalue weighted by Crippen LogP contribution is -2.51. The SMILES string of the molecule is O=C(NC(C(=O)O)C1CCCCC1)c1cc(OCC(=O)N2CCC[C@H]2C(=O)NC2CCC2)n(-c2ccccc2)n1. The standard InChI is InChI=1S/C29H37N5O6/c35-24(33-16-8-15-23(33)28(37)30-20-11-7-12-20)18-40-25-17-22(32-34(25)21-13-5-2-6-14-21)27(36)31-26(29(38)39)19-9-3-1-4-10-19/h2,5-6,13-14,17,19-20,23,26H,1,3-4,7-12,15-16,18H2,(H,30,37)(H,31,36)(H,38,39)/t23-,26?/m0/s1. The normalized spacial score (nSPS) is 20.4. The largest absolute Gasteiger partial charge is 0.480 e. The van der Waals surface area contributed by atoms with E-state index in [9.17, 15) is 24.3 Å². The maximum atomic E-state index is 13.2. The van der Waals surface area contributed by atoms with Crippen molar-refractivity contribution >= 4 is 23.7 Å². The summed E-state index contributed by atoms with van der Waals surface area (Å²) in [6.45, 7) is 0.154. The highest BCUT2D eigenvalue weighted by Crippen LogP contribution is 2.28. The van der Waals surface area contributed by atoms with Gasteiger partial charge in [-0.15, -0.1) is 0 Å². The van der Waals surface area contributed by atoms with E-state index in [0.29, 0.717) is 18.7 Å². The number of aliphatic carboxylic acids is 1. The Morgan fingerprint density at radius 1 is 0.975 bits per heavy atom. The van der Waals surface area contributed by atoms with Crippen molar-refractivity contribution in [1.82, 2.24) is 25.3 Å². The van der Waals surface area contributed by atoms with Crippen LogP contribution in [0, 0.1) is 5.92 Å². The number of rotatable bonds is 10. The Morgan fingerprint density at radius 2 is 1.73 bits per heavy atom. The molecule has 3 amide bonds. The van der Waals surface area contributed by atoms with Gasteiger partial charge in [-0.25, -0.2) is 9.48 Å². The van der Waals surface area contributed by atoms with Crippen LogP contribution in [-0.2, 0) is 14.4 Å². The first-order valence-electron chi connectivity index (χ1n) is 14.3. The number of nitrogens with zero attached hydrogens (tertiary/aromatic N) is 3. The molecule has 5 rings (SSSR count). The minimum atomic E-state index is -1.06. The lowest BCUT2D eigenvalue weighted by molar-refractivity contribution is -0.141. The fourth-order valence-corrected chi connectivity index (χ4v) is 5.80. The summed E-state index contributed by atoms with van der Waals surface area (Å²) in [5, 5.41) is 19.9. The molecule has 214 valence electrons. The average Bonchev–Trinajstić information content (AvgIpc) is 3.61. The van der Waals surface area contributed by atoms with Crippen molar-refractivity contribution in [3.63, 3.8) is 0 Å². The first-order valence-corrected chi connectivity index (χ1v) is 14.3. The molecule has 0 spiro atoms. The van der Waals surface area contributed by atoms with Gasteiger partial charge in [0, 0.05) is 18.7 Å². The van der Waals surface area contributed by atoms with E-state index in [2.05, 4.69) is 15.7 Å². The number of likely N-dealkylation sites (tertiary alicyclic amines) is 1. The Balaban J connectivity index is 1.29. The molecule has 3 N–H and O–H groups in total. The molecule has 11 heteroatoms. The number of amides is 3. The third-order valence-electron chi connectivity index (χ3n) is 8.25. The number of hydrogen-bond donors (Lipinski definition) is 3. The van der Waals surface area contributed by atoms with Crippen LogP contribution in [0.5, 0.6) is 5.88 Å². The second kappa shape index (κ2) is 12.5. The average molecular weight is 552 g/mol. The summed E-state index contributed by atoms with van der Waals surface area (Å²) in [6.07, 6.45) is 8.88. The second-order valence-electron chi connectivity index (χ2n) is 11.0. The summed E-state index contributed by atoms with van der Waals surface area (Å²) >= 11 is 0. The summed E-state index contributed by atoms with van der Waals surface area (Å²) < 4.78 is 7.31. The van der Waals surface area contributed by atoms with E-state index in [1.807, 2.05) is 18.2 Å². The molecule has 0 radical (unpaired) electrons. The van der Waals surface area contributed by atoms with Crippen molar-refractivity contribution in [2.75, 3.05) is 13.2 Å². The molecule has 11 nitrogen and oxygen atoms in total. The van der Waals surface area contributed by atoms with Gasteiger partial charge in [-0.3, -0.25) is 14.4 Å². The Labute approximate surface area is 233 Å². The van der Waals surface area contributed by atoms with Crippen LogP contribution in [0.2, 0.25) is 0 Å². The molecule has 2 aromatic rings. The van der Waals surface area contributed by atoms with Crippen molar-refractivity contribution in [1.29, 1.82) is 0 Å². The Kier molecular flexibility index (Phi) is 8.66. The third kappa shape index (κ3) is 6.29. The molecule has 1 aliphatic heterocycles. The molecule has 3 fully saturated rings. The number of nitrogens with one attached hydrogen (secondary N) is 2. The van der Waals surface area contributed by atoms with Crippen LogP contribution in [-0.4, -0.2) is 74.8 Å². The maximum Gasteiger partial charge on any atom is 0.326 e. The Hall–Kier alpha value is -3.89. The van der Waals surface area contributed by atoms with Gasteiger partial charge in [0.05, 0.1) is 5.69 Å². The molecule has 0 bridgehead atoms. The smallest absolute Gasteiger partial charge is 0.326 e. The monoisotopic (exact) mass is 551 g/mol. The topological polar surface area (TPSA) is 143 Å². The van der Waals surface area contributed by atoms with Crippen LogP contribution in [0.25, 0.3) is 5.69 Å².